The second-order valence-electron chi connectivity index (χ2n) is 6.35. The molecular weight excluding hydrogens is 382 g/mol. The van der Waals surface area contributed by atoms with E-state index in [0.717, 1.165) is 5.56 Å². The Morgan fingerprint density at radius 3 is 2.63 bits per heavy atom. The van der Waals surface area contributed by atoms with Gasteiger partial charge in [0.1, 0.15) is 11.6 Å². The minimum Gasteiger partial charge on any atom is -0.490 e. The Morgan fingerprint density at radius 2 is 1.97 bits per heavy atom. The largest absolute Gasteiger partial charge is 0.490 e. The number of carbonyl (C=O) groups is 2. The molecule has 30 heavy (non-hydrogen) atoms. The second-order valence-corrected chi connectivity index (χ2v) is 6.35. The van der Waals surface area contributed by atoms with Crippen LogP contribution in [0.1, 0.15) is 18.1 Å². The smallest absolute Gasteiger partial charge is 0.282 e. The van der Waals surface area contributed by atoms with E-state index < -0.39 is 11.8 Å². The fraction of sp³-hybridized carbons (Fsp3) is 0.174. The number of hydrogen-bond donors (Lipinski definition) is 1. The topological polar surface area (TPSA) is 91.7 Å². The van der Waals surface area contributed by atoms with Gasteiger partial charge in [-0.1, -0.05) is 24.3 Å². The second kappa shape index (κ2) is 9.43. The summed E-state index contributed by atoms with van der Waals surface area (Å²) in [4.78, 5) is 25.3. The molecule has 0 aromatic heterocycles. The molecule has 0 unspecified atom stereocenters. The van der Waals surface area contributed by atoms with Crippen LogP contribution in [0.5, 0.6) is 11.5 Å². The number of para-hydroxylation sites is 1. The van der Waals surface area contributed by atoms with Crippen LogP contribution in [0.25, 0.3) is 6.08 Å². The minimum atomic E-state index is -0.489. The van der Waals surface area contributed by atoms with Gasteiger partial charge in [-0.25, -0.2) is 5.01 Å². The van der Waals surface area contributed by atoms with Gasteiger partial charge in [-0.15, -0.1) is 6.58 Å². The highest BCUT2D eigenvalue weighted by atomic mass is 16.5. The van der Waals surface area contributed by atoms with Crippen molar-refractivity contribution in [3.63, 3.8) is 0 Å². The number of carbonyl (C=O) groups excluding carboxylic acids is 2. The van der Waals surface area contributed by atoms with Gasteiger partial charge >= 0.3 is 0 Å². The molecule has 1 aliphatic heterocycles. The number of nitriles is 1. The van der Waals surface area contributed by atoms with Crippen molar-refractivity contribution in [2.45, 2.75) is 13.3 Å². The Morgan fingerprint density at radius 1 is 1.20 bits per heavy atom. The number of hydrogen-bond acceptors (Lipinski definition) is 5. The van der Waals surface area contributed by atoms with E-state index in [1.165, 1.54) is 11.1 Å². The molecule has 0 radical (unpaired) electrons. The predicted molar refractivity (Wildman–Crippen MR) is 113 cm³/mol. The van der Waals surface area contributed by atoms with Gasteiger partial charge in [0.2, 0.25) is 0 Å². The van der Waals surface area contributed by atoms with Crippen molar-refractivity contribution in [1.82, 2.24) is 5.43 Å². The maximum Gasteiger partial charge on any atom is 0.282 e. The number of benzene rings is 2. The average Bonchev–Trinajstić information content (AvgIpc) is 3.02. The third-order valence-electron chi connectivity index (χ3n) is 4.32. The fourth-order valence-electron chi connectivity index (χ4n) is 3.09. The Labute approximate surface area is 174 Å². The summed E-state index contributed by atoms with van der Waals surface area (Å²) in [5, 5.41) is 10.1. The normalized spacial score (nSPS) is 14.4. The zero-order valence-electron chi connectivity index (χ0n) is 16.6. The number of anilines is 1. The van der Waals surface area contributed by atoms with Crippen molar-refractivity contribution in [2.75, 3.05) is 18.2 Å². The fourth-order valence-corrected chi connectivity index (χ4v) is 3.09. The third kappa shape index (κ3) is 4.33. The molecule has 0 saturated carbocycles. The van der Waals surface area contributed by atoms with Crippen LogP contribution < -0.4 is 19.9 Å². The van der Waals surface area contributed by atoms with Crippen molar-refractivity contribution in [1.29, 1.82) is 5.26 Å². The molecule has 1 heterocycles. The molecular formula is C23H21N3O4. The van der Waals surface area contributed by atoms with Crippen LogP contribution in [0, 0.1) is 11.3 Å². The number of hydrazine groups is 1. The summed E-state index contributed by atoms with van der Waals surface area (Å²) >= 11 is 0. The molecule has 0 bridgehead atoms. The quantitative estimate of drug-likeness (QED) is 0.415. The van der Waals surface area contributed by atoms with Crippen LogP contribution in [0.2, 0.25) is 0 Å². The number of allylic oxidation sites excluding steroid dienone is 1. The molecule has 2 aromatic rings. The maximum atomic E-state index is 12.8. The zero-order chi connectivity index (χ0) is 21.5. The minimum absolute atomic E-state index is 0.0107. The van der Waals surface area contributed by atoms with Crippen molar-refractivity contribution in [2.24, 2.45) is 0 Å². The van der Waals surface area contributed by atoms with Crippen molar-refractivity contribution < 1.29 is 19.1 Å². The van der Waals surface area contributed by atoms with E-state index in [0.29, 0.717) is 35.8 Å². The Bertz CT molecular complexity index is 1040. The van der Waals surface area contributed by atoms with Crippen LogP contribution >= 0.6 is 0 Å². The van der Waals surface area contributed by atoms with Gasteiger partial charge < -0.3 is 9.47 Å². The third-order valence-corrected chi connectivity index (χ3v) is 4.32. The number of rotatable bonds is 8. The summed E-state index contributed by atoms with van der Waals surface area (Å²) in [6, 6.07) is 14.3. The summed E-state index contributed by atoms with van der Waals surface area (Å²) in [6.07, 6.45) is 3.68. The van der Waals surface area contributed by atoms with E-state index in [4.69, 9.17) is 14.7 Å². The summed E-state index contributed by atoms with van der Waals surface area (Å²) in [6.45, 7) is 5.84. The Kier molecular flexibility index (Phi) is 6.50. The summed E-state index contributed by atoms with van der Waals surface area (Å²) in [5.41, 5.74) is 4.50. The summed E-state index contributed by atoms with van der Waals surface area (Å²) in [5.74, 6) is -0.0468. The van der Waals surface area contributed by atoms with Gasteiger partial charge in [0.15, 0.2) is 18.1 Å². The van der Waals surface area contributed by atoms with Crippen LogP contribution in [0.15, 0.2) is 60.7 Å². The van der Waals surface area contributed by atoms with Gasteiger partial charge in [-0.05, 0) is 49.2 Å². The van der Waals surface area contributed by atoms with E-state index in [-0.39, 0.29) is 12.2 Å². The van der Waals surface area contributed by atoms with Gasteiger partial charge in [0.05, 0.1) is 12.3 Å². The molecule has 2 aromatic carbocycles. The van der Waals surface area contributed by atoms with E-state index in [1.54, 1.807) is 42.5 Å². The molecule has 1 saturated heterocycles. The number of ether oxygens (including phenoxy) is 2. The van der Waals surface area contributed by atoms with E-state index in [1.807, 2.05) is 19.1 Å². The molecule has 7 heteroatoms. The first kappa shape index (κ1) is 20.7. The van der Waals surface area contributed by atoms with Gasteiger partial charge in [-0.3, -0.25) is 15.0 Å². The first-order valence-corrected chi connectivity index (χ1v) is 9.41. The molecule has 7 nitrogen and oxygen atoms in total. The van der Waals surface area contributed by atoms with Crippen molar-refractivity contribution in [3.8, 4) is 17.6 Å². The van der Waals surface area contributed by atoms with Gasteiger partial charge in [0.25, 0.3) is 11.8 Å². The Balaban J connectivity index is 2.01. The molecule has 1 aliphatic rings. The lowest BCUT2D eigenvalue weighted by molar-refractivity contribution is -0.117. The molecule has 1 N–H and O–H groups in total. The lowest BCUT2D eigenvalue weighted by atomic mass is 10.0. The average molecular weight is 403 g/mol. The molecule has 2 amide bonds. The molecule has 152 valence electrons. The van der Waals surface area contributed by atoms with Crippen molar-refractivity contribution >= 4 is 23.6 Å². The van der Waals surface area contributed by atoms with Crippen LogP contribution in [0.3, 0.4) is 0 Å². The SMILES string of the molecule is C=CCc1cc(C=C2C(=O)NN(c3ccccc3)C2=O)cc(OCC)c1OCC#N. The first-order chi connectivity index (χ1) is 14.6. The monoisotopic (exact) mass is 403 g/mol. The van der Waals surface area contributed by atoms with Crippen molar-refractivity contribution in [3.05, 3.63) is 71.8 Å². The predicted octanol–water partition coefficient (Wildman–Crippen LogP) is 3.18. The highest BCUT2D eigenvalue weighted by molar-refractivity contribution is 6.31. The molecule has 0 atom stereocenters. The zero-order valence-corrected chi connectivity index (χ0v) is 16.6. The van der Waals surface area contributed by atoms with Gasteiger partial charge in [0, 0.05) is 5.56 Å². The van der Waals surface area contributed by atoms with Crippen LogP contribution in [-0.2, 0) is 16.0 Å². The molecule has 3 rings (SSSR count). The molecule has 0 spiro atoms. The highest BCUT2D eigenvalue weighted by Gasteiger charge is 2.34. The maximum absolute atomic E-state index is 12.8. The number of amides is 2. The van der Waals surface area contributed by atoms with E-state index in [9.17, 15) is 9.59 Å². The molecule has 0 aliphatic carbocycles. The van der Waals surface area contributed by atoms with E-state index in [2.05, 4.69) is 12.0 Å². The lowest BCUT2D eigenvalue weighted by Gasteiger charge is -2.15. The van der Waals surface area contributed by atoms with Crippen LogP contribution in [0.4, 0.5) is 5.69 Å². The lowest BCUT2D eigenvalue weighted by Crippen LogP contribution is -2.35. The Hall–Kier alpha value is -4.05. The number of nitrogens with zero attached hydrogens (tertiary/aromatic N) is 2. The van der Waals surface area contributed by atoms with E-state index >= 15 is 0 Å². The summed E-state index contributed by atoms with van der Waals surface area (Å²) in [7, 11) is 0. The number of nitrogens with one attached hydrogen (secondary N) is 1. The first-order valence-electron chi connectivity index (χ1n) is 9.41. The standard InChI is InChI=1S/C23H21N3O4/c1-3-8-17-13-16(15-20(29-4-2)21(17)30-12-11-24)14-19-22(27)25-26(23(19)28)18-9-6-5-7-10-18/h3,5-7,9-10,13-15H,1,4,8,12H2,2H3,(H,25,27). The van der Waals surface area contributed by atoms with Gasteiger partial charge in [-0.2, -0.15) is 5.26 Å². The van der Waals surface area contributed by atoms with Crippen LogP contribution in [-0.4, -0.2) is 25.0 Å². The molecule has 1 fully saturated rings. The highest BCUT2D eigenvalue weighted by Crippen LogP contribution is 2.35. The summed E-state index contributed by atoms with van der Waals surface area (Å²) < 4.78 is 11.2.